The van der Waals surface area contributed by atoms with Gasteiger partial charge in [-0.2, -0.15) is 0 Å². The van der Waals surface area contributed by atoms with Gasteiger partial charge in [0.15, 0.2) is 0 Å². The maximum atomic E-state index is 6.10. The SMILES string of the molecule is CC.CCCC(Oc1ccccc1)c1cccc(C)c1. The molecule has 0 saturated heterocycles. The minimum atomic E-state index is 0.150. The molecule has 108 valence electrons. The Morgan fingerprint density at radius 1 is 0.950 bits per heavy atom. The number of para-hydroxylation sites is 1. The summed E-state index contributed by atoms with van der Waals surface area (Å²) in [5, 5.41) is 0. The molecular formula is C19H26O. The van der Waals surface area contributed by atoms with Crippen LogP contribution >= 0.6 is 0 Å². The van der Waals surface area contributed by atoms with Crippen molar-refractivity contribution in [2.24, 2.45) is 0 Å². The summed E-state index contributed by atoms with van der Waals surface area (Å²) in [6.07, 6.45) is 2.31. The maximum Gasteiger partial charge on any atom is 0.124 e. The summed E-state index contributed by atoms with van der Waals surface area (Å²) in [7, 11) is 0. The van der Waals surface area contributed by atoms with E-state index in [0.29, 0.717) is 0 Å². The molecule has 1 unspecified atom stereocenters. The van der Waals surface area contributed by atoms with Crippen LogP contribution in [-0.4, -0.2) is 0 Å². The zero-order valence-electron chi connectivity index (χ0n) is 13.1. The number of hydrogen-bond acceptors (Lipinski definition) is 1. The van der Waals surface area contributed by atoms with E-state index < -0.39 is 0 Å². The summed E-state index contributed by atoms with van der Waals surface area (Å²) < 4.78 is 6.10. The Kier molecular flexibility index (Phi) is 7.49. The first-order chi connectivity index (χ1) is 9.79. The van der Waals surface area contributed by atoms with Gasteiger partial charge in [-0.3, -0.25) is 0 Å². The molecule has 2 aromatic carbocycles. The van der Waals surface area contributed by atoms with E-state index in [1.54, 1.807) is 0 Å². The molecular weight excluding hydrogens is 244 g/mol. The van der Waals surface area contributed by atoms with Gasteiger partial charge in [-0.05, 0) is 31.0 Å². The number of benzene rings is 2. The van der Waals surface area contributed by atoms with Gasteiger partial charge in [0.25, 0.3) is 0 Å². The van der Waals surface area contributed by atoms with Crippen molar-refractivity contribution in [3.05, 3.63) is 65.7 Å². The van der Waals surface area contributed by atoms with E-state index in [0.717, 1.165) is 18.6 Å². The number of ether oxygens (including phenoxy) is 1. The molecule has 0 aliphatic rings. The molecule has 2 rings (SSSR count). The largest absolute Gasteiger partial charge is 0.486 e. The van der Waals surface area contributed by atoms with E-state index in [4.69, 9.17) is 4.74 Å². The second-order valence-corrected chi connectivity index (χ2v) is 4.62. The minimum Gasteiger partial charge on any atom is -0.486 e. The van der Waals surface area contributed by atoms with Gasteiger partial charge < -0.3 is 4.74 Å². The topological polar surface area (TPSA) is 9.23 Å². The second kappa shape index (κ2) is 9.19. The first-order valence-electron chi connectivity index (χ1n) is 7.58. The van der Waals surface area contributed by atoms with Crippen LogP contribution in [0.5, 0.6) is 5.75 Å². The van der Waals surface area contributed by atoms with Crippen LogP contribution in [0.15, 0.2) is 54.6 Å². The van der Waals surface area contributed by atoms with Gasteiger partial charge >= 0.3 is 0 Å². The van der Waals surface area contributed by atoms with Gasteiger partial charge in [0, 0.05) is 0 Å². The van der Waals surface area contributed by atoms with E-state index in [2.05, 4.69) is 38.1 Å². The lowest BCUT2D eigenvalue weighted by Gasteiger charge is -2.19. The van der Waals surface area contributed by atoms with Crippen LogP contribution in [0.4, 0.5) is 0 Å². The maximum absolute atomic E-state index is 6.10. The van der Waals surface area contributed by atoms with Crippen molar-refractivity contribution in [2.45, 2.75) is 46.6 Å². The molecule has 0 N–H and O–H groups in total. The van der Waals surface area contributed by atoms with Crippen molar-refractivity contribution in [1.82, 2.24) is 0 Å². The summed E-state index contributed by atoms with van der Waals surface area (Å²) in [5.74, 6) is 0.942. The molecule has 0 spiro atoms. The molecule has 1 heteroatoms. The van der Waals surface area contributed by atoms with E-state index in [1.165, 1.54) is 11.1 Å². The summed E-state index contributed by atoms with van der Waals surface area (Å²) in [4.78, 5) is 0. The predicted octanol–water partition coefficient (Wildman–Crippen LogP) is 5.94. The Balaban J connectivity index is 0.000000956. The highest BCUT2D eigenvalue weighted by molar-refractivity contribution is 5.27. The van der Waals surface area contributed by atoms with Crippen molar-refractivity contribution in [3.63, 3.8) is 0 Å². The third-order valence-corrected chi connectivity index (χ3v) is 2.99. The zero-order valence-corrected chi connectivity index (χ0v) is 13.1. The van der Waals surface area contributed by atoms with Crippen LogP contribution in [0.3, 0.4) is 0 Å². The first kappa shape index (κ1) is 16.3. The monoisotopic (exact) mass is 270 g/mol. The average molecular weight is 270 g/mol. The molecule has 0 radical (unpaired) electrons. The summed E-state index contributed by atoms with van der Waals surface area (Å²) in [5.41, 5.74) is 2.55. The molecule has 20 heavy (non-hydrogen) atoms. The molecule has 0 aliphatic heterocycles. The highest BCUT2D eigenvalue weighted by Crippen LogP contribution is 2.26. The normalized spacial score (nSPS) is 11.2. The molecule has 0 aromatic heterocycles. The predicted molar refractivity (Wildman–Crippen MR) is 87.2 cm³/mol. The molecule has 2 aromatic rings. The van der Waals surface area contributed by atoms with E-state index >= 15 is 0 Å². The standard InChI is InChI=1S/C17H20O.C2H6/c1-3-8-17(15-10-7-9-14(2)13-15)18-16-11-5-4-6-12-16;1-2/h4-7,9-13,17H,3,8H2,1-2H3;1-2H3. The van der Waals surface area contributed by atoms with E-state index in [1.807, 2.05) is 44.2 Å². The Morgan fingerprint density at radius 2 is 1.65 bits per heavy atom. The lowest BCUT2D eigenvalue weighted by Crippen LogP contribution is -2.07. The number of hydrogen-bond donors (Lipinski definition) is 0. The zero-order chi connectivity index (χ0) is 14.8. The quantitative estimate of drug-likeness (QED) is 0.653. The van der Waals surface area contributed by atoms with Gasteiger partial charge in [0.1, 0.15) is 11.9 Å². The van der Waals surface area contributed by atoms with Crippen molar-refractivity contribution in [1.29, 1.82) is 0 Å². The number of aryl methyl sites for hydroxylation is 1. The molecule has 1 nitrogen and oxygen atoms in total. The van der Waals surface area contributed by atoms with E-state index in [9.17, 15) is 0 Å². The average Bonchev–Trinajstić information content (AvgIpc) is 2.50. The molecule has 0 amide bonds. The van der Waals surface area contributed by atoms with E-state index in [-0.39, 0.29) is 6.10 Å². The second-order valence-electron chi connectivity index (χ2n) is 4.62. The van der Waals surface area contributed by atoms with Crippen LogP contribution in [0.25, 0.3) is 0 Å². The summed E-state index contributed by atoms with van der Waals surface area (Å²) in [6, 6.07) is 18.6. The fourth-order valence-corrected chi connectivity index (χ4v) is 2.09. The molecule has 0 aliphatic carbocycles. The fourth-order valence-electron chi connectivity index (χ4n) is 2.09. The van der Waals surface area contributed by atoms with Gasteiger partial charge in [0.05, 0.1) is 0 Å². The smallest absolute Gasteiger partial charge is 0.124 e. The van der Waals surface area contributed by atoms with Crippen LogP contribution in [0.1, 0.15) is 50.8 Å². The highest BCUT2D eigenvalue weighted by atomic mass is 16.5. The van der Waals surface area contributed by atoms with Gasteiger partial charge in [-0.1, -0.05) is 75.2 Å². The van der Waals surface area contributed by atoms with Gasteiger partial charge in [0.2, 0.25) is 0 Å². The Morgan fingerprint density at radius 3 is 2.25 bits per heavy atom. The van der Waals surface area contributed by atoms with Gasteiger partial charge in [-0.25, -0.2) is 0 Å². The lowest BCUT2D eigenvalue weighted by atomic mass is 10.0. The van der Waals surface area contributed by atoms with Crippen LogP contribution in [0, 0.1) is 6.92 Å². The van der Waals surface area contributed by atoms with Crippen LogP contribution in [0.2, 0.25) is 0 Å². The van der Waals surface area contributed by atoms with Crippen molar-refractivity contribution < 1.29 is 4.74 Å². The molecule has 1 atom stereocenters. The minimum absolute atomic E-state index is 0.150. The van der Waals surface area contributed by atoms with Crippen molar-refractivity contribution in [3.8, 4) is 5.75 Å². The summed E-state index contributed by atoms with van der Waals surface area (Å²) in [6.45, 7) is 8.31. The fraction of sp³-hybridized carbons (Fsp3) is 0.368. The third kappa shape index (κ3) is 5.08. The third-order valence-electron chi connectivity index (χ3n) is 2.99. The van der Waals surface area contributed by atoms with Crippen LogP contribution in [-0.2, 0) is 0 Å². The number of rotatable bonds is 5. The van der Waals surface area contributed by atoms with Gasteiger partial charge in [-0.15, -0.1) is 0 Å². The molecule has 0 bridgehead atoms. The summed E-state index contributed by atoms with van der Waals surface area (Å²) >= 11 is 0. The molecule has 0 heterocycles. The Labute approximate surface area is 123 Å². The Hall–Kier alpha value is -1.76. The highest BCUT2D eigenvalue weighted by Gasteiger charge is 2.12. The molecule has 0 fully saturated rings. The Bertz CT molecular complexity index is 476. The first-order valence-corrected chi connectivity index (χ1v) is 7.58. The lowest BCUT2D eigenvalue weighted by molar-refractivity contribution is 0.194. The molecule has 0 saturated carbocycles. The van der Waals surface area contributed by atoms with Crippen molar-refractivity contribution in [2.75, 3.05) is 0 Å². The van der Waals surface area contributed by atoms with Crippen LogP contribution < -0.4 is 4.74 Å². The van der Waals surface area contributed by atoms with Crippen molar-refractivity contribution >= 4 is 0 Å².